The van der Waals surface area contributed by atoms with Crippen LogP contribution in [0.4, 0.5) is 22.4 Å². The van der Waals surface area contributed by atoms with Gasteiger partial charge in [0.25, 0.3) is 6.43 Å². The van der Waals surface area contributed by atoms with Crippen molar-refractivity contribution in [2.75, 3.05) is 7.05 Å². The van der Waals surface area contributed by atoms with Crippen LogP contribution in [0, 0.1) is 11.8 Å². The Morgan fingerprint density at radius 2 is 1.91 bits per heavy atom. The number of halogens is 4. The fourth-order valence-electron chi connectivity index (χ4n) is 2.96. The number of aromatic nitrogens is 2. The zero-order chi connectivity index (χ0) is 25.4. The van der Waals surface area contributed by atoms with Crippen LogP contribution in [0.5, 0.6) is 0 Å². The van der Waals surface area contributed by atoms with Gasteiger partial charge in [0.15, 0.2) is 11.6 Å². The number of carbonyl (C=O) groups is 1. The molecule has 13 heteroatoms. The second kappa shape index (κ2) is 9.12. The lowest BCUT2D eigenvalue weighted by molar-refractivity contribution is 0.0284. The summed E-state index contributed by atoms with van der Waals surface area (Å²) in [6, 6.07) is 3.90. The van der Waals surface area contributed by atoms with Gasteiger partial charge in [0.05, 0.1) is 12.1 Å². The van der Waals surface area contributed by atoms with Crippen molar-refractivity contribution in [3.05, 3.63) is 59.7 Å². The van der Waals surface area contributed by atoms with Gasteiger partial charge in [-0.3, -0.25) is 0 Å². The lowest BCUT2D eigenvalue weighted by atomic mass is 10.1. The molecule has 0 unspecified atom stereocenters. The van der Waals surface area contributed by atoms with E-state index in [-0.39, 0.29) is 5.56 Å². The number of hydrogen-bond acceptors (Lipinski definition) is 6. The lowest BCUT2D eigenvalue weighted by Gasteiger charge is -2.24. The fourth-order valence-corrected chi connectivity index (χ4v) is 4.28. The monoisotopic (exact) mass is 503 g/mol. The Morgan fingerprint density at radius 1 is 1.24 bits per heavy atom. The second-order valence-electron chi connectivity index (χ2n) is 8.25. The summed E-state index contributed by atoms with van der Waals surface area (Å²) in [4.78, 5) is 16.7. The molecule has 0 aromatic carbocycles. The van der Waals surface area contributed by atoms with E-state index in [9.17, 15) is 26.4 Å². The molecule has 0 saturated heterocycles. The molecule has 34 heavy (non-hydrogen) atoms. The SMILES string of the molecule is CN(Cc1cn(S(=O)(=O)c2ccc(C(F)F)o2)c(-c2cccnc2F)c1F)C(=O)OC(C)(C)C. The molecule has 0 spiro atoms. The first-order valence-electron chi connectivity index (χ1n) is 9.80. The third kappa shape index (κ3) is 5.08. The van der Waals surface area contributed by atoms with Crippen LogP contribution in [0.2, 0.25) is 0 Å². The maximum Gasteiger partial charge on any atom is 0.410 e. The number of pyridine rings is 1. The Hall–Kier alpha value is -3.35. The van der Waals surface area contributed by atoms with Crippen molar-refractivity contribution >= 4 is 16.1 Å². The molecule has 3 aromatic heterocycles. The second-order valence-corrected chi connectivity index (χ2v) is 10.00. The van der Waals surface area contributed by atoms with Crippen molar-refractivity contribution in [2.24, 2.45) is 0 Å². The van der Waals surface area contributed by atoms with Crippen LogP contribution in [0.15, 0.2) is 46.2 Å². The van der Waals surface area contributed by atoms with Crippen molar-refractivity contribution < 1.29 is 39.9 Å². The first-order valence-corrected chi connectivity index (χ1v) is 11.2. The standard InChI is InChI=1S/C21H21F4N3O5S/c1-21(2,3)33-20(29)27(4)10-12-11-28(17(16(12)22)13-6-5-9-26-19(13)25)34(30,31)15-8-7-14(32-15)18(23)24/h5-9,11,18H,10H2,1-4H3. The van der Waals surface area contributed by atoms with Crippen LogP contribution < -0.4 is 0 Å². The summed E-state index contributed by atoms with van der Waals surface area (Å²) >= 11 is 0. The molecule has 3 heterocycles. The molecule has 0 aliphatic rings. The topological polar surface area (TPSA) is 94.6 Å². The molecule has 3 aromatic rings. The number of alkyl halides is 2. The molecule has 3 rings (SSSR count). The highest BCUT2D eigenvalue weighted by Gasteiger charge is 2.32. The van der Waals surface area contributed by atoms with Crippen molar-refractivity contribution in [1.82, 2.24) is 13.9 Å². The zero-order valence-corrected chi connectivity index (χ0v) is 19.4. The zero-order valence-electron chi connectivity index (χ0n) is 18.6. The summed E-state index contributed by atoms with van der Waals surface area (Å²) in [6.45, 7) is 4.44. The first-order chi connectivity index (χ1) is 15.7. The van der Waals surface area contributed by atoms with Crippen molar-refractivity contribution in [3.8, 4) is 11.3 Å². The Bertz CT molecular complexity index is 1310. The number of carbonyl (C=O) groups excluding carboxylic acids is 1. The van der Waals surface area contributed by atoms with Gasteiger partial charge in [0.1, 0.15) is 11.3 Å². The van der Waals surface area contributed by atoms with E-state index in [1.165, 1.54) is 13.1 Å². The number of ether oxygens (including phenoxy) is 1. The molecule has 0 N–H and O–H groups in total. The first kappa shape index (κ1) is 25.3. The number of nitrogens with zero attached hydrogens (tertiary/aromatic N) is 3. The van der Waals surface area contributed by atoms with E-state index < -0.39 is 68.6 Å². The van der Waals surface area contributed by atoms with Crippen molar-refractivity contribution in [2.45, 2.75) is 44.4 Å². The van der Waals surface area contributed by atoms with Gasteiger partial charge in [-0.1, -0.05) is 0 Å². The van der Waals surface area contributed by atoms with E-state index in [0.29, 0.717) is 3.97 Å². The maximum atomic E-state index is 15.5. The van der Waals surface area contributed by atoms with Gasteiger partial charge in [-0.15, -0.1) is 0 Å². The number of amides is 1. The highest BCUT2D eigenvalue weighted by atomic mass is 32.2. The van der Waals surface area contributed by atoms with Crippen LogP contribution in [0.25, 0.3) is 11.3 Å². The molecule has 8 nitrogen and oxygen atoms in total. The molecule has 1 amide bonds. The van der Waals surface area contributed by atoms with Crippen molar-refractivity contribution in [3.63, 3.8) is 0 Å². The molecular weight excluding hydrogens is 482 g/mol. The van der Waals surface area contributed by atoms with E-state index in [1.807, 2.05) is 0 Å². The molecule has 184 valence electrons. The van der Waals surface area contributed by atoms with Gasteiger partial charge in [-0.2, -0.15) is 12.8 Å². The minimum absolute atomic E-state index is 0.309. The van der Waals surface area contributed by atoms with Crippen LogP contribution >= 0.6 is 0 Å². The predicted octanol–water partition coefficient (Wildman–Crippen LogP) is 4.96. The average molecular weight is 503 g/mol. The van der Waals surface area contributed by atoms with Gasteiger partial charge in [0.2, 0.25) is 11.0 Å². The van der Waals surface area contributed by atoms with Crippen LogP contribution in [-0.2, 0) is 21.3 Å². The Balaban J connectivity index is 2.13. The molecule has 0 fully saturated rings. The summed E-state index contributed by atoms with van der Waals surface area (Å²) in [7, 11) is -3.49. The van der Waals surface area contributed by atoms with Crippen LogP contribution in [0.3, 0.4) is 0 Å². The molecule has 0 aliphatic carbocycles. The normalized spacial score (nSPS) is 12.3. The van der Waals surface area contributed by atoms with Gasteiger partial charge in [0, 0.05) is 25.0 Å². The third-order valence-electron chi connectivity index (χ3n) is 4.44. The summed E-state index contributed by atoms with van der Waals surface area (Å²) in [5.74, 6) is -3.24. The van der Waals surface area contributed by atoms with E-state index in [1.54, 1.807) is 20.8 Å². The number of rotatable bonds is 6. The van der Waals surface area contributed by atoms with Crippen LogP contribution in [0.1, 0.15) is 38.5 Å². The summed E-state index contributed by atoms with van der Waals surface area (Å²) in [6.07, 6.45) is -2.00. The Kier molecular flexibility index (Phi) is 6.78. The van der Waals surface area contributed by atoms with Gasteiger partial charge < -0.3 is 14.1 Å². The van der Waals surface area contributed by atoms with E-state index in [2.05, 4.69) is 4.98 Å². The molecule has 0 saturated carbocycles. The highest BCUT2D eigenvalue weighted by Crippen LogP contribution is 2.33. The Morgan fingerprint density at radius 3 is 2.47 bits per heavy atom. The number of hydrogen-bond donors (Lipinski definition) is 0. The fraction of sp³-hybridized carbons (Fsp3) is 0.333. The third-order valence-corrected chi connectivity index (χ3v) is 5.97. The number of furan rings is 1. The summed E-state index contributed by atoms with van der Waals surface area (Å²) in [5, 5.41) is -0.907. The van der Waals surface area contributed by atoms with Gasteiger partial charge >= 0.3 is 16.1 Å². The minimum Gasteiger partial charge on any atom is -0.444 e. The molecule has 0 radical (unpaired) electrons. The van der Waals surface area contributed by atoms with E-state index >= 15 is 4.39 Å². The maximum absolute atomic E-state index is 15.5. The van der Waals surface area contributed by atoms with E-state index in [0.717, 1.165) is 35.5 Å². The smallest absolute Gasteiger partial charge is 0.410 e. The Labute approximate surface area is 192 Å². The largest absolute Gasteiger partial charge is 0.444 e. The predicted molar refractivity (Wildman–Crippen MR) is 112 cm³/mol. The van der Waals surface area contributed by atoms with Gasteiger partial charge in [-0.25, -0.2) is 26.9 Å². The minimum atomic E-state index is -4.79. The van der Waals surface area contributed by atoms with Crippen molar-refractivity contribution in [1.29, 1.82) is 0 Å². The molecular formula is C21H21F4N3O5S. The highest BCUT2D eigenvalue weighted by molar-refractivity contribution is 7.89. The quantitative estimate of drug-likeness (QED) is 0.349. The van der Waals surface area contributed by atoms with E-state index in [4.69, 9.17) is 9.15 Å². The molecule has 0 aliphatic heterocycles. The molecule has 0 atom stereocenters. The average Bonchev–Trinajstić information content (AvgIpc) is 3.34. The summed E-state index contributed by atoms with van der Waals surface area (Å²) < 4.78 is 92.4. The van der Waals surface area contributed by atoms with Crippen LogP contribution in [-0.4, -0.2) is 41.0 Å². The lowest BCUT2D eigenvalue weighted by Crippen LogP contribution is -2.33. The van der Waals surface area contributed by atoms with Gasteiger partial charge in [-0.05, 0) is 45.0 Å². The molecule has 0 bridgehead atoms. The summed E-state index contributed by atoms with van der Waals surface area (Å²) in [5.41, 5.74) is -2.40.